The lowest BCUT2D eigenvalue weighted by atomic mass is 9.85. The molecule has 0 aliphatic heterocycles. The van der Waals surface area contributed by atoms with E-state index in [0.29, 0.717) is 12.0 Å². The molecule has 1 atom stereocenters. The maximum Gasteiger partial charge on any atom is 0.336 e. The Balaban J connectivity index is 2.44. The Labute approximate surface area is 136 Å². The molecule has 2 rings (SSSR count). The molecular formula is C19H21NO3. The number of amides is 1. The van der Waals surface area contributed by atoms with Crippen molar-refractivity contribution in [2.75, 3.05) is 7.11 Å². The molecule has 23 heavy (non-hydrogen) atoms. The van der Waals surface area contributed by atoms with Gasteiger partial charge in [0.15, 0.2) is 5.54 Å². The fourth-order valence-corrected chi connectivity index (χ4v) is 2.68. The second-order valence-electron chi connectivity index (χ2n) is 5.33. The van der Waals surface area contributed by atoms with Crippen LogP contribution in [0.5, 0.6) is 0 Å². The highest BCUT2D eigenvalue weighted by atomic mass is 16.5. The van der Waals surface area contributed by atoms with Crippen LogP contribution in [-0.4, -0.2) is 19.0 Å². The fourth-order valence-electron chi connectivity index (χ4n) is 2.68. The van der Waals surface area contributed by atoms with Crippen molar-refractivity contribution >= 4 is 11.9 Å². The topological polar surface area (TPSA) is 55.4 Å². The van der Waals surface area contributed by atoms with Crippen LogP contribution in [-0.2, 0) is 15.1 Å². The highest BCUT2D eigenvalue weighted by Gasteiger charge is 2.42. The van der Waals surface area contributed by atoms with Crippen LogP contribution in [0.3, 0.4) is 0 Å². The summed E-state index contributed by atoms with van der Waals surface area (Å²) in [5.74, 6) is -0.761. The first-order valence-corrected chi connectivity index (χ1v) is 7.65. The van der Waals surface area contributed by atoms with Gasteiger partial charge in [0, 0.05) is 5.56 Å². The van der Waals surface area contributed by atoms with E-state index in [-0.39, 0.29) is 5.91 Å². The number of benzene rings is 2. The number of nitrogens with one attached hydrogen (secondary N) is 1. The monoisotopic (exact) mass is 311 g/mol. The molecule has 1 amide bonds. The van der Waals surface area contributed by atoms with Crippen molar-refractivity contribution in [3.05, 3.63) is 71.8 Å². The maximum atomic E-state index is 12.6. The normalized spacial score (nSPS) is 13.0. The number of esters is 1. The Bertz CT molecular complexity index is 655. The molecule has 120 valence electrons. The van der Waals surface area contributed by atoms with E-state index >= 15 is 0 Å². The van der Waals surface area contributed by atoms with Gasteiger partial charge in [-0.2, -0.15) is 0 Å². The van der Waals surface area contributed by atoms with E-state index in [9.17, 15) is 9.59 Å². The zero-order valence-electron chi connectivity index (χ0n) is 13.4. The molecule has 4 nitrogen and oxygen atoms in total. The Morgan fingerprint density at radius 3 is 2.09 bits per heavy atom. The van der Waals surface area contributed by atoms with E-state index in [2.05, 4.69) is 5.32 Å². The summed E-state index contributed by atoms with van der Waals surface area (Å²) in [6, 6.07) is 18.1. The molecule has 1 unspecified atom stereocenters. The summed E-state index contributed by atoms with van der Waals surface area (Å²) < 4.78 is 5.01. The largest absolute Gasteiger partial charge is 0.467 e. The van der Waals surface area contributed by atoms with E-state index in [1.54, 1.807) is 24.3 Å². The number of hydrogen-bond donors (Lipinski definition) is 1. The molecule has 2 aromatic carbocycles. The van der Waals surface area contributed by atoms with Crippen molar-refractivity contribution in [2.24, 2.45) is 0 Å². The van der Waals surface area contributed by atoms with Crippen LogP contribution in [0.2, 0.25) is 0 Å². The zero-order valence-corrected chi connectivity index (χ0v) is 13.4. The third-order valence-electron chi connectivity index (χ3n) is 3.79. The van der Waals surface area contributed by atoms with Gasteiger partial charge in [0.05, 0.1) is 7.11 Å². The summed E-state index contributed by atoms with van der Waals surface area (Å²) in [5.41, 5.74) is 0.0447. The minimum atomic E-state index is -1.18. The summed E-state index contributed by atoms with van der Waals surface area (Å²) >= 11 is 0. The van der Waals surface area contributed by atoms with Crippen molar-refractivity contribution in [2.45, 2.75) is 25.3 Å². The first kappa shape index (κ1) is 16.7. The van der Waals surface area contributed by atoms with Gasteiger partial charge in [-0.1, -0.05) is 61.9 Å². The summed E-state index contributed by atoms with van der Waals surface area (Å²) in [7, 11) is 1.34. The first-order valence-electron chi connectivity index (χ1n) is 7.65. The number of methoxy groups -OCH3 is 1. The highest BCUT2D eigenvalue weighted by molar-refractivity contribution is 5.98. The van der Waals surface area contributed by atoms with Crippen molar-refractivity contribution in [1.82, 2.24) is 5.32 Å². The summed E-state index contributed by atoms with van der Waals surface area (Å²) in [6.45, 7) is 1.97. The average molecular weight is 311 g/mol. The van der Waals surface area contributed by atoms with E-state index in [0.717, 1.165) is 12.0 Å². The number of rotatable bonds is 6. The predicted molar refractivity (Wildman–Crippen MR) is 89.0 cm³/mol. The summed E-state index contributed by atoms with van der Waals surface area (Å²) in [4.78, 5) is 25.2. The quantitative estimate of drug-likeness (QED) is 0.833. The van der Waals surface area contributed by atoms with Crippen molar-refractivity contribution < 1.29 is 14.3 Å². The summed E-state index contributed by atoms with van der Waals surface area (Å²) in [6.07, 6.45) is 1.18. The minimum Gasteiger partial charge on any atom is -0.467 e. The summed E-state index contributed by atoms with van der Waals surface area (Å²) in [5, 5.41) is 2.90. The van der Waals surface area contributed by atoms with E-state index in [4.69, 9.17) is 4.74 Å². The third-order valence-corrected chi connectivity index (χ3v) is 3.79. The molecule has 1 N–H and O–H groups in total. The number of carbonyl (C=O) groups is 2. The Hall–Kier alpha value is -2.62. The van der Waals surface area contributed by atoms with Crippen LogP contribution in [0.4, 0.5) is 0 Å². The molecule has 0 bridgehead atoms. The van der Waals surface area contributed by atoms with Crippen LogP contribution in [0.15, 0.2) is 60.7 Å². The van der Waals surface area contributed by atoms with Crippen molar-refractivity contribution in [3.63, 3.8) is 0 Å². The molecule has 0 aliphatic carbocycles. The van der Waals surface area contributed by atoms with Gasteiger partial charge in [-0.25, -0.2) is 4.79 Å². The van der Waals surface area contributed by atoms with Gasteiger partial charge in [0.25, 0.3) is 5.91 Å². The molecule has 0 saturated heterocycles. The molecule has 0 radical (unpaired) electrons. The predicted octanol–water partition coefficient (Wildman–Crippen LogP) is 3.29. The molecule has 0 heterocycles. The lowest BCUT2D eigenvalue weighted by Gasteiger charge is -2.32. The molecule has 0 saturated carbocycles. The van der Waals surface area contributed by atoms with E-state index in [1.807, 2.05) is 43.3 Å². The van der Waals surface area contributed by atoms with Gasteiger partial charge in [-0.05, 0) is 24.1 Å². The smallest absolute Gasteiger partial charge is 0.336 e. The zero-order chi connectivity index (χ0) is 16.7. The fraction of sp³-hybridized carbons (Fsp3) is 0.263. The van der Waals surface area contributed by atoms with Crippen LogP contribution >= 0.6 is 0 Å². The Morgan fingerprint density at radius 1 is 1.00 bits per heavy atom. The van der Waals surface area contributed by atoms with Gasteiger partial charge >= 0.3 is 5.97 Å². The first-order chi connectivity index (χ1) is 11.1. The maximum absolute atomic E-state index is 12.6. The van der Waals surface area contributed by atoms with Crippen LogP contribution in [0, 0.1) is 0 Å². The average Bonchev–Trinajstić information content (AvgIpc) is 2.62. The van der Waals surface area contributed by atoms with Gasteiger partial charge in [-0.3, -0.25) is 4.79 Å². The standard InChI is InChI=1S/C19H21NO3/c1-3-14-19(18(22)23-2,16-12-8-5-9-13-16)20-17(21)15-10-6-4-7-11-15/h4-13H,3,14H2,1-2H3,(H,20,21). The van der Waals surface area contributed by atoms with Gasteiger partial charge in [-0.15, -0.1) is 0 Å². The number of ether oxygens (including phenoxy) is 1. The molecule has 0 aliphatic rings. The molecule has 0 spiro atoms. The van der Waals surface area contributed by atoms with Gasteiger partial charge in [0.1, 0.15) is 0 Å². The lowest BCUT2D eigenvalue weighted by Crippen LogP contribution is -2.52. The van der Waals surface area contributed by atoms with Crippen molar-refractivity contribution in [3.8, 4) is 0 Å². The van der Waals surface area contributed by atoms with Gasteiger partial charge < -0.3 is 10.1 Å². The van der Waals surface area contributed by atoms with Crippen LogP contribution in [0.25, 0.3) is 0 Å². The van der Waals surface area contributed by atoms with E-state index in [1.165, 1.54) is 7.11 Å². The van der Waals surface area contributed by atoms with Gasteiger partial charge in [0.2, 0.25) is 0 Å². The second-order valence-corrected chi connectivity index (χ2v) is 5.33. The lowest BCUT2D eigenvalue weighted by molar-refractivity contribution is -0.149. The minimum absolute atomic E-state index is 0.298. The number of hydrogen-bond acceptors (Lipinski definition) is 3. The molecule has 0 aromatic heterocycles. The Morgan fingerprint density at radius 2 is 1.57 bits per heavy atom. The molecular weight excluding hydrogens is 290 g/mol. The van der Waals surface area contributed by atoms with Crippen LogP contribution in [0.1, 0.15) is 35.7 Å². The van der Waals surface area contributed by atoms with E-state index < -0.39 is 11.5 Å². The SMILES string of the molecule is CCCC(NC(=O)c1ccccc1)(C(=O)OC)c1ccccc1. The third kappa shape index (κ3) is 3.59. The molecule has 4 heteroatoms. The second kappa shape index (κ2) is 7.58. The van der Waals surface area contributed by atoms with Crippen molar-refractivity contribution in [1.29, 1.82) is 0 Å². The van der Waals surface area contributed by atoms with Crippen LogP contribution < -0.4 is 5.32 Å². The molecule has 0 fully saturated rings. The highest BCUT2D eigenvalue weighted by Crippen LogP contribution is 2.29. The number of carbonyl (C=O) groups excluding carboxylic acids is 2. The molecule has 2 aromatic rings. The Kier molecular flexibility index (Phi) is 5.52.